The summed E-state index contributed by atoms with van der Waals surface area (Å²) in [5.74, 6) is -1.44. The molecule has 0 aromatic heterocycles. The maximum atomic E-state index is 12.4. The third kappa shape index (κ3) is 7.18. The molecule has 0 spiro atoms. The summed E-state index contributed by atoms with van der Waals surface area (Å²) in [5, 5.41) is 9.47. The zero-order valence-corrected chi connectivity index (χ0v) is 14.2. The largest absolute Gasteiger partial charge is 0.461 e. The smallest absolute Gasteiger partial charge is 0.328 e. The summed E-state index contributed by atoms with van der Waals surface area (Å²) >= 11 is 0. The molecule has 0 unspecified atom stereocenters. The lowest BCUT2D eigenvalue weighted by atomic mass is 10.1. The number of esters is 1. The predicted molar refractivity (Wildman–Crippen MR) is 86.0 cm³/mol. The Balaban J connectivity index is 2.66. The van der Waals surface area contributed by atoms with Gasteiger partial charge in [0.05, 0.1) is 12.8 Å². The second-order valence-electron chi connectivity index (χ2n) is 5.69. The Labute approximate surface area is 141 Å². The van der Waals surface area contributed by atoms with Gasteiger partial charge >= 0.3 is 5.97 Å². The minimum atomic E-state index is -0.942. The van der Waals surface area contributed by atoms with Gasteiger partial charge in [-0.15, -0.1) is 0 Å². The zero-order valence-electron chi connectivity index (χ0n) is 14.2. The topological polar surface area (TPSA) is 115 Å². The van der Waals surface area contributed by atoms with Crippen LogP contribution in [0.15, 0.2) is 0 Å². The van der Waals surface area contributed by atoms with E-state index in [4.69, 9.17) is 19.6 Å². The summed E-state index contributed by atoms with van der Waals surface area (Å²) in [5.41, 5.74) is 0. The number of carbonyl (C=O) groups is 3. The summed E-state index contributed by atoms with van der Waals surface area (Å²) in [7, 11) is 1.39. The van der Waals surface area contributed by atoms with Crippen LogP contribution in [-0.2, 0) is 28.6 Å². The van der Waals surface area contributed by atoms with Crippen molar-refractivity contribution in [3.05, 3.63) is 0 Å². The number of amides is 1. The highest BCUT2D eigenvalue weighted by atomic mass is 16.5. The van der Waals surface area contributed by atoms with E-state index >= 15 is 0 Å². The van der Waals surface area contributed by atoms with Crippen LogP contribution in [0, 0.1) is 5.41 Å². The third-order valence-electron chi connectivity index (χ3n) is 3.85. The number of Topliss-reactive ketones (excluding diaryl/α,β-unsaturated/α-hetero) is 1. The van der Waals surface area contributed by atoms with E-state index in [9.17, 15) is 14.4 Å². The molecule has 1 fully saturated rings. The lowest BCUT2D eigenvalue weighted by Gasteiger charge is -2.22. The average Bonchev–Trinajstić information content (AvgIpc) is 2.85. The standard InChI is InChI=1S/C16H26N2O6/c1-11(22-2)15(20)18-14(6-5-12(19)10-17)16(21)24-13-4-3-8-23-9-7-13/h10-11,13-14,17H,3-9H2,1-2H3,(H,18,20)/t11-,13+,14-/m0/s1. The molecule has 136 valence electrons. The fraction of sp³-hybridized carbons (Fsp3) is 0.750. The number of ether oxygens (including phenoxy) is 3. The Bertz CT molecular complexity index is 446. The quantitative estimate of drug-likeness (QED) is 0.469. The van der Waals surface area contributed by atoms with Gasteiger partial charge < -0.3 is 24.9 Å². The summed E-state index contributed by atoms with van der Waals surface area (Å²) in [6, 6.07) is -0.942. The highest BCUT2D eigenvalue weighted by molar-refractivity contribution is 6.26. The first-order valence-corrected chi connectivity index (χ1v) is 8.12. The highest BCUT2D eigenvalue weighted by Crippen LogP contribution is 2.14. The van der Waals surface area contributed by atoms with Crippen LogP contribution in [0.2, 0.25) is 0 Å². The molecule has 1 saturated heterocycles. The molecule has 0 aromatic carbocycles. The van der Waals surface area contributed by atoms with Crippen molar-refractivity contribution in [1.82, 2.24) is 5.32 Å². The number of hydrogen-bond donors (Lipinski definition) is 2. The molecule has 1 amide bonds. The molecule has 0 bridgehead atoms. The van der Waals surface area contributed by atoms with Gasteiger partial charge in [0.1, 0.15) is 18.2 Å². The van der Waals surface area contributed by atoms with Crippen molar-refractivity contribution in [2.24, 2.45) is 0 Å². The number of rotatable bonds is 9. The monoisotopic (exact) mass is 342 g/mol. The van der Waals surface area contributed by atoms with Gasteiger partial charge in [-0.25, -0.2) is 4.79 Å². The predicted octanol–water partition coefficient (Wildman–Crippen LogP) is 0.617. The van der Waals surface area contributed by atoms with Crippen molar-refractivity contribution in [3.63, 3.8) is 0 Å². The van der Waals surface area contributed by atoms with E-state index in [0.717, 1.165) is 6.42 Å². The van der Waals surface area contributed by atoms with E-state index in [2.05, 4.69) is 5.32 Å². The van der Waals surface area contributed by atoms with Gasteiger partial charge in [0.25, 0.3) is 0 Å². The summed E-state index contributed by atoms with van der Waals surface area (Å²) in [4.78, 5) is 35.6. The van der Waals surface area contributed by atoms with E-state index in [0.29, 0.717) is 32.3 Å². The van der Waals surface area contributed by atoms with Gasteiger partial charge in [-0.05, 0) is 26.2 Å². The molecule has 0 aromatic rings. The van der Waals surface area contributed by atoms with Crippen LogP contribution in [0.5, 0.6) is 0 Å². The van der Waals surface area contributed by atoms with Crippen molar-refractivity contribution < 1.29 is 28.6 Å². The highest BCUT2D eigenvalue weighted by Gasteiger charge is 2.27. The fourth-order valence-electron chi connectivity index (χ4n) is 2.24. The van der Waals surface area contributed by atoms with E-state index in [1.54, 1.807) is 6.92 Å². The Kier molecular flexibility index (Phi) is 9.18. The number of carbonyl (C=O) groups excluding carboxylic acids is 3. The van der Waals surface area contributed by atoms with Crippen LogP contribution >= 0.6 is 0 Å². The normalized spacial score (nSPS) is 20.3. The van der Waals surface area contributed by atoms with E-state index in [1.165, 1.54) is 7.11 Å². The van der Waals surface area contributed by atoms with Crippen molar-refractivity contribution in [2.75, 3.05) is 20.3 Å². The van der Waals surface area contributed by atoms with Gasteiger partial charge in [-0.3, -0.25) is 9.59 Å². The van der Waals surface area contributed by atoms with Crippen LogP contribution in [0.25, 0.3) is 0 Å². The molecule has 0 saturated carbocycles. The lowest BCUT2D eigenvalue weighted by molar-refractivity contribution is -0.154. The van der Waals surface area contributed by atoms with Crippen LogP contribution in [0.3, 0.4) is 0 Å². The van der Waals surface area contributed by atoms with Gasteiger partial charge in [0.15, 0.2) is 5.78 Å². The van der Waals surface area contributed by atoms with Crippen molar-refractivity contribution in [3.8, 4) is 0 Å². The molecular formula is C16H26N2O6. The molecule has 0 aliphatic carbocycles. The molecule has 8 heteroatoms. The molecule has 3 atom stereocenters. The van der Waals surface area contributed by atoms with Crippen molar-refractivity contribution >= 4 is 23.9 Å². The first-order chi connectivity index (χ1) is 11.5. The van der Waals surface area contributed by atoms with E-state index in [1.807, 2.05) is 0 Å². The van der Waals surface area contributed by atoms with E-state index < -0.39 is 29.8 Å². The molecule has 1 heterocycles. The van der Waals surface area contributed by atoms with Crippen LogP contribution < -0.4 is 5.32 Å². The van der Waals surface area contributed by atoms with E-state index in [-0.39, 0.29) is 18.9 Å². The van der Waals surface area contributed by atoms with Gasteiger partial charge in [-0.1, -0.05) is 0 Å². The second kappa shape index (κ2) is 10.9. The maximum Gasteiger partial charge on any atom is 0.328 e. The molecule has 24 heavy (non-hydrogen) atoms. The second-order valence-corrected chi connectivity index (χ2v) is 5.69. The van der Waals surface area contributed by atoms with Crippen LogP contribution in [-0.4, -0.2) is 62.4 Å². The Hall–Kier alpha value is -1.80. The zero-order chi connectivity index (χ0) is 17.9. The fourth-order valence-corrected chi connectivity index (χ4v) is 2.24. The molecule has 1 rings (SSSR count). The average molecular weight is 342 g/mol. The summed E-state index contributed by atoms with van der Waals surface area (Å²) < 4.78 is 15.7. The number of ketones is 1. The van der Waals surface area contributed by atoms with Crippen molar-refractivity contribution in [1.29, 1.82) is 5.41 Å². The Morgan fingerprint density at radius 1 is 1.33 bits per heavy atom. The van der Waals surface area contributed by atoms with Crippen LogP contribution in [0.4, 0.5) is 0 Å². The molecular weight excluding hydrogens is 316 g/mol. The minimum Gasteiger partial charge on any atom is -0.461 e. The molecule has 0 radical (unpaired) electrons. The van der Waals surface area contributed by atoms with Gasteiger partial charge in [0.2, 0.25) is 5.91 Å². The maximum absolute atomic E-state index is 12.4. The number of hydrogen-bond acceptors (Lipinski definition) is 7. The molecule has 1 aliphatic rings. The van der Waals surface area contributed by atoms with Gasteiger partial charge in [0, 0.05) is 26.6 Å². The van der Waals surface area contributed by atoms with Crippen molar-refractivity contribution in [2.45, 2.75) is 57.3 Å². The number of methoxy groups -OCH3 is 1. The number of nitrogens with one attached hydrogen (secondary N) is 2. The SMILES string of the molecule is CO[C@@H](C)C(=O)N[C@@H](CCC(=O)C=N)C(=O)O[C@@H]1CCCOCC1. The first-order valence-electron chi connectivity index (χ1n) is 8.12. The summed E-state index contributed by atoms with van der Waals surface area (Å²) in [6.45, 7) is 2.73. The molecule has 2 N–H and O–H groups in total. The summed E-state index contributed by atoms with van der Waals surface area (Å²) in [6.07, 6.45) is 1.92. The Morgan fingerprint density at radius 2 is 2.08 bits per heavy atom. The van der Waals surface area contributed by atoms with Crippen LogP contribution in [0.1, 0.15) is 39.0 Å². The molecule has 1 aliphatic heterocycles. The third-order valence-corrected chi connectivity index (χ3v) is 3.85. The van der Waals surface area contributed by atoms with Gasteiger partial charge in [-0.2, -0.15) is 0 Å². The Morgan fingerprint density at radius 3 is 2.75 bits per heavy atom. The minimum absolute atomic E-state index is 0.0152. The molecule has 8 nitrogen and oxygen atoms in total. The lowest BCUT2D eigenvalue weighted by Crippen LogP contribution is -2.47. The first kappa shape index (κ1) is 20.2.